The molecule has 1 rings (SSSR count). The molecule has 0 aliphatic carbocycles. The molecule has 106 valence electrons. The normalized spacial score (nSPS) is 13.2. The lowest BCUT2D eigenvalue weighted by Gasteiger charge is -2.22. The molecule has 1 atom stereocenters. The van der Waals surface area contributed by atoms with Crippen LogP contribution in [-0.2, 0) is 0 Å². The summed E-state index contributed by atoms with van der Waals surface area (Å²) in [7, 11) is 0. The van der Waals surface area contributed by atoms with Crippen LogP contribution in [0.4, 0.5) is 4.39 Å². The molecule has 0 radical (unpaired) electrons. The first-order valence-corrected chi connectivity index (χ1v) is 7.28. The molecular formula is C15H21BrFNO. The van der Waals surface area contributed by atoms with E-state index in [2.05, 4.69) is 42.0 Å². The second kappa shape index (κ2) is 6.51. The van der Waals surface area contributed by atoms with Crippen LogP contribution >= 0.6 is 15.9 Å². The van der Waals surface area contributed by atoms with Crippen LogP contribution in [0.5, 0.6) is 0 Å². The fourth-order valence-corrected chi connectivity index (χ4v) is 3.04. The van der Waals surface area contributed by atoms with Crippen LogP contribution < -0.4 is 5.32 Å². The lowest BCUT2D eigenvalue weighted by molar-refractivity contribution is 0.0952. The Morgan fingerprint density at radius 2 is 2.00 bits per heavy atom. The zero-order valence-corrected chi connectivity index (χ0v) is 13.5. The summed E-state index contributed by atoms with van der Waals surface area (Å²) in [6.45, 7) is 8.76. The van der Waals surface area contributed by atoms with Crippen molar-refractivity contribution >= 4 is 21.8 Å². The number of nitrogens with one attached hydrogen (secondary N) is 1. The topological polar surface area (TPSA) is 29.1 Å². The highest BCUT2D eigenvalue weighted by Crippen LogP contribution is 2.24. The van der Waals surface area contributed by atoms with Gasteiger partial charge in [-0.05, 0) is 42.5 Å². The first kappa shape index (κ1) is 16.2. The number of benzene rings is 1. The minimum atomic E-state index is -0.379. The number of hydrogen-bond donors (Lipinski definition) is 1. The molecule has 1 amide bonds. The van der Waals surface area contributed by atoms with Gasteiger partial charge >= 0.3 is 0 Å². The van der Waals surface area contributed by atoms with E-state index in [-0.39, 0.29) is 22.0 Å². The zero-order chi connectivity index (χ0) is 14.6. The van der Waals surface area contributed by atoms with Gasteiger partial charge < -0.3 is 5.32 Å². The highest BCUT2D eigenvalue weighted by molar-refractivity contribution is 9.09. The van der Waals surface area contributed by atoms with Crippen molar-refractivity contribution in [2.75, 3.05) is 6.54 Å². The molecule has 1 unspecified atom stereocenters. The number of carbonyl (C=O) groups excluding carboxylic acids is 1. The number of carbonyl (C=O) groups is 1. The molecule has 0 heterocycles. The maximum Gasteiger partial charge on any atom is 0.251 e. The van der Waals surface area contributed by atoms with Gasteiger partial charge in [0.1, 0.15) is 5.82 Å². The van der Waals surface area contributed by atoms with E-state index in [1.807, 2.05) is 0 Å². The summed E-state index contributed by atoms with van der Waals surface area (Å²) in [6.07, 6.45) is 0.954. The second-order valence-electron chi connectivity index (χ2n) is 6.09. The van der Waals surface area contributed by atoms with Crippen LogP contribution in [0.1, 0.15) is 43.1 Å². The van der Waals surface area contributed by atoms with Gasteiger partial charge in [0, 0.05) is 16.9 Å². The van der Waals surface area contributed by atoms with Crippen LogP contribution in [0.2, 0.25) is 0 Å². The predicted molar refractivity (Wildman–Crippen MR) is 80.3 cm³/mol. The summed E-state index contributed by atoms with van der Waals surface area (Å²) >= 11 is 3.55. The van der Waals surface area contributed by atoms with Gasteiger partial charge in [-0.1, -0.05) is 36.7 Å². The minimum absolute atomic E-state index is 0.203. The van der Waals surface area contributed by atoms with Crippen LogP contribution in [0, 0.1) is 18.2 Å². The van der Waals surface area contributed by atoms with Gasteiger partial charge in [-0.15, -0.1) is 0 Å². The number of rotatable bonds is 4. The van der Waals surface area contributed by atoms with Gasteiger partial charge in [-0.3, -0.25) is 4.79 Å². The largest absolute Gasteiger partial charge is 0.351 e. The fourth-order valence-electron chi connectivity index (χ4n) is 1.91. The zero-order valence-electron chi connectivity index (χ0n) is 11.9. The predicted octanol–water partition coefficient (Wildman–Crippen LogP) is 4.06. The van der Waals surface area contributed by atoms with Crippen LogP contribution in [0.15, 0.2) is 18.2 Å². The molecule has 0 fully saturated rings. The maximum atomic E-state index is 13.2. The molecule has 1 N–H and O–H groups in total. The van der Waals surface area contributed by atoms with E-state index in [1.54, 1.807) is 13.0 Å². The highest BCUT2D eigenvalue weighted by Gasteiger charge is 2.17. The van der Waals surface area contributed by atoms with Crippen LogP contribution in [0.3, 0.4) is 0 Å². The van der Waals surface area contributed by atoms with Crippen molar-refractivity contribution in [3.63, 3.8) is 0 Å². The number of hydrogen-bond acceptors (Lipinski definition) is 1. The summed E-state index contributed by atoms with van der Waals surface area (Å²) in [5.74, 6) is -0.615. The lowest BCUT2D eigenvalue weighted by Crippen LogP contribution is -2.31. The Kier molecular flexibility index (Phi) is 5.53. The molecule has 0 aliphatic rings. The molecule has 0 aromatic heterocycles. The highest BCUT2D eigenvalue weighted by atomic mass is 79.9. The third kappa shape index (κ3) is 6.19. The Bertz CT molecular complexity index is 434. The number of amides is 1. The van der Waals surface area contributed by atoms with Gasteiger partial charge in [0.05, 0.1) is 0 Å². The minimum Gasteiger partial charge on any atom is -0.351 e. The van der Waals surface area contributed by atoms with Crippen molar-refractivity contribution in [3.05, 3.63) is 35.1 Å². The molecule has 0 saturated carbocycles. The van der Waals surface area contributed by atoms with Crippen molar-refractivity contribution in [3.8, 4) is 0 Å². The van der Waals surface area contributed by atoms with E-state index in [0.29, 0.717) is 12.1 Å². The molecule has 0 aliphatic heterocycles. The van der Waals surface area contributed by atoms with Gasteiger partial charge in [0.2, 0.25) is 0 Å². The van der Waals surface area contributed by atoms with E-state index >= 15 is 0 Å². The van der Waals surface area contributed by atoms with Crippen LogP contribution in [0.25, 0.3) is 0 Å². The third-order valence-corrected chi connectivity index (χ3v) is 3.27. The molecule has 1 aromatic rings. The van der Waals surface area contributed by atoms with E-state index in [4.69, 9.17) is 0 Å². The second-order valence-corrected chi connectivity index (χ2v) is 7.38. The molecule has 0 spiro atoms. The van der Waals surface area contributed by atoms with Gasteiger partial charge in [0.25, 0.3) is 5.91 Å². The standard InChI is InChI=1S/C15H21BrFNO/c1-10-5-11(7-13(17)6-10)14(19)18-9-12(16)8-15(2,3)4/h5-7,12H,8-9H2,1-4H3,(H,18,19). The monoisotopic (exact) mass is 329 g/mol. The Morgan fingerprint density at radius 1 is 1.37 bits per heavy atom. The average Bonchev–Trinajstić information content (AvgIpc) is 2.22. The molecule has 4 heteroatoms. The number of alkyl halides is 1. The summed E-state index contributed by atoms with van der Waals surface area (Å²) in [5.41, 5.74) is 1.32. The molecule has 19 heavy (non-hydrogen) atoms. The summed E-state index contributed by atoms with van der Waals surface area (Å²) in [5, 5.41) is 2.82. The Balaban J connectivity index is 2.56. The van der Waals surface area contributed by atoms with Gasteiger partial charge in [0.15, 0.2) is 0 Å². The summed E-state index contributed by atoms with van der Waals surface area (Å²) in [6, 6.07) is 4.35. The summed E-state index contributed by atoms with van der Waals surface area (Å²) in [4.78, 5) is 12.1. The average molecular weight is 330 g/mol. The molecular weight excluding hydrogens is 309 g/mol. The first-order chi connectivity index (χ1) is 8.67. The summed E-state index contributed by atoms with van der Waals surface area (Å²) < 4.78 is 13.2. The lowest BCUT2D eigenvalue weighted by atomic mass is 9.90. The Labute approximate surface area is 122 Å². The number of aryl methyl sites for hydroxylation is 1. The SMILES string of the molecule is Cc1cc(F)cc(C(=O)NCC(Br)CC(C)(C)C)c1. The van der Waals surface area contributed by atoms with E-state index in [1.165, 1.54) is 12.1 Å². The van der Waals surface area contributed by atoms with Crippen molar-refractivity contribution in [2.24, 2.45) is 5.41 Å². The number of halogens is 2. The quantitative estimate of drug-likeness (QED) is 0.829. The van der Waals surface area contributed by atoms with Gasteiger partial charge in [-0.25, -0.2) is 4.39 Å². The van der Waals surface area contributed by atoms with Crippen molar-refractivity contribution in [2.45, 2.75) is 38.9 Å². The van der Waals surface area contributed by atoms with E-state index in [9.17, 15) is 9.18 Å². The molecule has 0 bridgehead atoms. The Hall–Kier alpha value is -0.900. The van der Waals surface area contributed by atoms with Crippen molar-refractivity contribution < 1.29 is 9.18 Å². The fraction of sp³-hybridized carbons (Fsp3) is 0.533. The van der Waals surface area contributed by atoms with Crippen LogP contribution in [-0.4, -0.2) is 17.3 Å². The van der Waals surface area contributed by atoms with Gasteiger partial charge in [-0.2, -0.15) is 0 Å². The Morgan fingerprint density at radius 3 is 2.53 bits per heavy atom. The third-order valence-electron chi connectivity index (χ3n) is 2.62. The van der Waals surface area contributed by atoms with E-state index in [0.717, 1.165) is 12.0 Å². The van der Waals surface area contributed by atoms with Crippen molar-refractivity contribution in [1.82, 2.24) is 5.32 Å². The van der Waals surface area contributed by atoms with Crippen molar-refractivity contribution in [1.29, 1.82) is 0 Å². The first-order valence-electron chi connectivity index (χ1n) is 6.37. The van der Waals surface area contributed by atoms with E-state index < -0.39 is 0 Å². The molecule has 0 saturated heterocycles. The maximum absolute atomic E-state index is 13.2. The molecule has 2 nitrogen and oxygen atoms in total. The molecule has 1 aromatic carbocycles. The smallest absolute Gasteiger partial charge is 0.251 e.